The van der Waals surface area contributed by atoms with Gasteiger partial charge in [-0.25, -0.2) is 0 Å². The Hall–Kier alpha value is -0.120. The molecule has 2 fully saturated rings. The van der Waals surface area contributed by atoms with Crippen LogP contribution in [0.1, 0.15) is 45.4 Å². The monoisotopic (exact) mass is 253 g/mol. The van der Waals surface area contributed by atoms with E-state index in [0.717, 1.165) is 12.6 Å². The van der Waals surface area contributed by atoms with Gasteiger partial charge in [-0.05, 0) is 33.9 Å². The Kier molecular flexibility index (Phi) is 5.46. The van der Waals surface area contributed by atoms with E-state index in [0.29, 0.717) is 12.1 Å². The molecule has 2 rings (SSSR count). The topological polar surface area (TPSA) is 18.5 Å². The van der Waals surface area contributed by atoms with Crippen molar-refractivity contribution in [2.75, 3.05) is 33.7 Å². The molecular formula is C15H31N3. The van der Waals surface area contributed by atoms with Crippen molar-refractivity contribution in [1.82, 2.24) is 15.1 Å². The van der Waals surface area contributed by atoms with Gasteiger partial charge in [-0.2, -0.15) is 0 Å². The number of nitrogens with zero attached hydrogens (tertiary/aromatic N) is 2. The summed E-state index contributed by atoms with van der Waals surface area (Å²) in [4.78, 5) is 5.35. The quantitative estimate of drug-likeness (QED) is 0.776. The van der Waals surface area contributed by atoms with Gasteiger partial charge in [-0.3, -0.25) is 9.80 Å². The maximum Gasteiger partial charge on any atom is 0.0348 e. The van der Waals surface area contributed by atoms with Gasteiger partial charge >= 0.3 is 0 Å². The van der Waals surface area contributed by atoms with Crippen molar-refractivity contribution in [2.24, 2.45) is 0 Å². The van der Waals surface area contributed by atoms with E-state index in [9.17, 15) is 0 Å². The highest BCUT2D eigenvalue weighted by Crippen LogP contribution is 2.25. The van der Waals surface area contributed by atoms with Crippen LogP contribution in [0.25, 0.3) is 0 Å². The predicted octanol–water partition coefficient (Wildman–Crippen LogP) is 1.93. The zero-order valence-electron chi connectivity index (χ0n) is 12.5. The van der Waals surface area contributed by atoms with E-state index < -0.39 is 0 Å². The minimum absolute atomic E-state index is 0.682. The fraction of sp³-hybridized carbons (Fsp3) is 1.00. The van der Waals surface area contributed by atoms with Crippen molar-refractivity contribution in [3.63, 3.8) is 0 Å². The van der Waals surface area contributed by atoms with Crippen LogP contribution >= 0.6 is 0 Å². The van der Waals surface area contributed by atoms with E-state index in [1.165, 1.54) is 51.6 Å². The largest absolute Gasteiger partial charge is 0.318 e. The summed E-state index contributed by atoms with van der Waals surface area (Å²) in [6.45, 7) is 6.02. The number of nitrogens with one attached hydrogen (secondary N) is 1. The minimum Gasteiger partial charge on any atom is -0.318 e. The lowest BCUT2D eigenvalue weighted by molar-refractivity contribution is 0.0233. The number of rotatable bonds is 3. The third-order valence-electron chi connectivity index (χ3n) is 5.00. The Balaban J connectivity index is 1.95. The molecule has 0 amide bonds. The zero-order valence-corrected chi connectivity index (χ0v) is 12.5. The Morgan fingerprint density at radius 3 is 2.33 bits per heavy atom. The molecule has 0 aromatic heterocycles. The summed E-state index contributed by atoms with van der Waals surface area (Å²) >= 11 is 0. The van der Waals surface area contributed by atoms with Crippen molar-refractivity contribution in [3.8, 4) is 0 Å². The average molecular weight is 253 g/mol. The summed E-state index contributed by atoms with van der Waals surface area (Å²) in [7, 11) is 4.36. The third-order valence-corrected chi connectivity index (χ3v) is 5.00. The van der Waals surface area contributed by atoms with Gasteiger partial charge in [0.05, 0.1) is 0 Å². The van der Waals surface area contributed by atoms with E-state index >= 15 is 0 Å². The Morgan fingerprint density at radius 2 is 1.72 bits per heavy atom. The lowest BCUT2D eigenvalue weighted by atomic mass is 10.0. The van der Waals surface area contributed by atoms with Gasteiger partial charge in [0, 0.05) is 37.8 Å². The molecule has 106 valence electrons. The maximum atomic E-state index is 3.36. The van der Waals surface area contributed by atoms with Crippen LogP contribution in [0.4, 0.5) is 0 Å². The first-order valence-electron chi connectivity index (χ1n) is 7.83. The molecule has 2 aliphatic rings. The van der Waals surface area contributed by atoms with Crippen LogP contribution < -0.4 is 5.32 Å². The molecule has 1 saturated carbocycles. The fourth-order valence-electron chi connectivity index (χ4n) is 3.67. The minimum atomic E-state index is 0.682. The Morgan fingerprint density at radius 1 is 1.06 bits per heavy atom. The average Bonchev–Trinajstić information content (AvgIpc) is 2.63. The van der Waals surface area contributed by atoms with Crippen molar-refractivity contribution < 1.29 is 0 Å². The highest BCUT2D eigenvalue weighted by molar-refractivity contribution is 4.89. The second kappa shape index (κ2) is 6.88. The molecule has 1 aliphatic carbocycles. The maximum absolute atomic E-state index is 3.36. The highest BCUT2D eigenvalue weighted by Gasteiger charge is 2.32. The van der Waals surface area contributed by atoms with Crippen LogP contribution in [0.5, 0.6) is 0 Å². The van der Waals surface area contributed by atoms with Gasteiger partial charge in [0.25, 0.3) is 0 Å². The standard InChI is InChI=1S/C15H31N3/c1-13-11-18(12-15(10-16-2)17(13)3)14-8-6-4-5-7-9-14/h13-16H,4-12H2,1-3H3. The first-order chi connectivity index (χ1) is 8.72. The summed E-state index contributed by atoms with van der Waals surface area (Å²) in [6, 6.07) is 2.24. The number of piperazine rings is 1. The van der Waals surface area contributed by atoms with Gasteiger partial charge < -0.3 is 5.32 Å². The first-order valence-corrected chi connectivity index (χ1v) is 7.83. The molecule has 3 heteroatoms. The molecule has 3 nitrogen and oxygen atoms in total. The van der Waals surface area contributed by atoms with Gasteiger partial charge in [0.1, 0.15) is 0 Å². The summed E-state index contributed by atoms with van der Waals surface area (Å²) in [5.74, 6) is 0. The van der Waals surface area contributed by atoms with Crippen molar-refractivity contribution in [3.05, 3.63) is 0 Å². The lowest BCUT2D eigenvalue weighted by Gasteiger charge is -2.46. The van der Waals surface area contributed by atoms with Crippen LogP contribution in [0.2, 0.25) is 0 Å². The molecule has 0 aromatic rings. The Labute approximate surface area is 113 Å². The molecule has 0 bridgehead atoms. The summed E-state index contributed by atoms with van der Waals surface area (Å²) in [5, 5.41) is 3.36. The van der Waals surface area contributed by atoms with E-state index in [1.807, 2.05) is 0 Å². The van der Waals surface area contributed by atoms with Crippen molar-refractivity contribution in [2.45, 2.75) is 63.6 Å². The molecule has 2 atom stereocenters. The zero-order chi connectivity index (χ0) is 13.0. The number of likely N-dealkylation sites (N-methyl/N-ethyl adjacent to an activating group) is 2. The molecule has 1 heterocycles. The molecule has 0 spiro atoms. The van der Waals surface area contributed by atoms with Crippen LogP contribution in [0, 0.1) is 0 Å². The normalized spacial score (nSPS) is 33.5. The first kappa shape index (κ1) is 14.3. The smallest absolute Gasteiger partial charge is 0.0348 e. The second-order valence-corrected chi connectivity index (χ2v) is 6.33. The summed E-state index contributed by atoms with van der Waals surface area (Å²) in [5.41, 5.74) is 0. The van der Waals surface area contributed by atoms with Gasteiger partial charge in [0.2, 0.25) is 0 Å². The van der Waals surface area contributed by atoms with Crippen LogP contribution in [-0.2, 0) is 0 Å². The SMILES string of the molecule is CNCC1CN(C2CCCCCC2)CC(C)N1C. The molecule has 0 radical (unpaired) electrons. The molecular weight excluding hydrogens is 222 g/mol. The fourth-order valence-corrected chi connectivity index (χ4v) is 3.67. The molecule has 18 heavy (non-hydrogen) atoms. The molecule has 1 N–H and O–H groups in total. The second-order valence-electron chi connectivity index (χ2n) is 6.33. The van der Waals surface area contributed by atoms with Gasteiger partial charge in [-0.15, -0.1) is 0 Å². The highest BCUT2D eigenvalue weighted by atomic mass is 15.3. The van der Waals surface area contributed by atoms with E-state index in [4.69, 9.17) is 0 Å². The molecule has 1 saturated heterocycles. The van der Waals surface area contributed by atoms with E-state index in [1.54, 1.807) is 0 Å². The molecule has 2 unspecified atom stereocenters. The molecule has 1 aliphatic heterocycles. The van der Waals surface area contributed by atoms with E-state index in [-0.39, 0.29) is 0 Å². The van der Waals surface area contributed by atoms with Gasteiger partial charge in [-0.1, -0.05) is 25.7 Å². The Bertz CT molecular complexity index is 236. The van der Waals surface area contributed by atoms with Crippen LogP contribution in [0.3, 0.4) is 0 Å². The number of hydrogen-bond donors (Lipinski definition) is 1. The summed E-state index contributed by atoms with van der Waals surface area (Å²) in [6.07, 6.45) is 8.68. The predicted molar refractivity (Wildman–Crippen MR) is 78.0 cm³/mol. The molecule has 0 aromatic carbocycles. The van der Waals surface area contributed by atoms with Crippen LogP contribution in [-0.4, -0.2) is 61.7 Å². The number of hydrogen-bond acceptors (Lipinski definition) is 3. The van der Waals surface area contributed by atoms with Crippen molar-refractivity contribution >= 4 is 0 Å². The lowest BCUT2D eigenvalue weighted by Crippen LogP contribution is -2.60. The van der Waals surface area contributed by atoms with E-state index in [2.05, 4.69) is 36.1 Å². The van der Waals surface area contributed by atoms with Crippen LogP contribution in [0.15, 0.2) is 0 Å². The van der Waals surface area contributed by atoms with Crippen molar-refractivity contribution in [1.29, 1.82) is 0 Å². The summed E-state index contributed by atoms with van der Waals surface area (Å²) < 4.78 is 0. The third kappa shape index (κ3) is 3.46. The van der Waals surface area contributed by atoms with Gasteiger partial charge in [0.15, 0.2) is 0 Å².